The summed E-state index contributed by atoms with van der Waals surface area (Å²) in [6.45, 7) is 4.51. The van der Waals surface area contributed by atoms with Gasteiger partial charge in [0.2, 0.25) is 5.91 Å². The van der Waals surface area contributed by atoms with Crippen molar-refractivity contribution < 1.29 is 9.53 Å². The molecule has 0 aromatic heterocycles. The second-order valence-corrected chi connectivity index (χ2v) is 5.81. The fraction of sp³-hybridized carbons (Fsp3) is 0.562. The van der Waals surface area contributed by atoms with Gasteiger partial charge < -0.3 is 15.4 Å². The Balaban J connectivity index is 0.00000264. The summed E-state index contributed by atoms with van der Waals surface area (Å²) in [5.41, 5.74) is 1.17. The maximum atomic E-state index is 11.9. The highest BCUT2D eigenvalue weighted by Crippen LogP contribution is 2.23. The maximum absolute atomic E-state index is 11.9. The van der Waals surface area contributed by atoms with Crippen LogP contribution in [0.4, 0.5) is 0 Å². The Kier molecular flexibility index (Phi) is 12.5. The second-order valence-electron chi connectivity index (χ2n) is 5.37. The number of nitrogens with zero attached hydrogens (tertiary/aromatic N) is 1. The zero-order valence-corrected chi connectivity index (χ0v) is 16.2. The predicted molar refractivity (Wildman–Crippen MR) is 103 cm³/mol. The summed E-state index contributed by atoms with van der Waals surface area (Å²) >= 11 is 5.98. The zero-order chi connectivity index (χ0) is 15.8. The third-order valence-electron chi connectivity index (χ3n) is 3.84. The van der Waals surface area contributed by atoms with Crippen molar-refractivity contribution >= 4 is 42.3 Å². The molecule has 1 aromatic carbocycles. The molecule has 1 aliphatic heterocycles. The van der Waals surface area contributed by atoms with E-state index in [9.17, 15) is 4.79 Å². The molecule has 0 bridgehead atoms. The van der Waals surface area contributed by atoms with Crippen molar-refractivity contribution in [2.45, 2.75) is 12.5 Å². The van der Waals surface area contributed by atoms with Gasteiger partial charge in [0.15, 0.2) is 0 Å². The average Bonchev–Trinajstić information content (AvgIpc) is 2.55. The number of rotatable bonds is 7. The van der Waals surface area contributed by atoms with E-state index < -0.39 is 0 Å². The van der Waals surface area contributed by atoms with Gasteiger partial charge in [-0.25, -0.2) is 0 Å². The minimum atomic E-state index is 0. The minimum absolute atomic E-state index is 0. The third kappa shape index (κ3) is 7.55. The normalized spacial score (nSPS) is 15.8. The van der Waals surface area contributed by atoms with Crippen LogP contribution in [0.2, 0.25) is 5.02 Å². The molecule has 1 amide bonds. The summed E-state index contributed by atoms with van der Waals surface area (Å²) in [4.78, 5) is 14.2. The van der Waals surface area contributed by atoms with E-state index in [4.69, 9.17) is 16.3 Å². The SMILES string of the molecule is CNCCC(=O)NCC(c1ccc(Cl)cc1)N1CCOCC1.Cl.Cl. The van der Waals surface area contributed by atoms with Gasteiger partial charge in [-0.2, -0.15) is 0 Å². The highest BCUT2D eigenvalue weighted by molar-refractivity contribution is 6.30. The first kappa shape index (κ1) is 23.4. The van der Waals surface area contributed by atoms with Crippen LogP contribution in [0.5, 0.6) is 0 Å². The first-order valence-electron chi connectivity index (χ1n) is 7.69. The molecule has 1 fully saturated rings. The topological polar surface area (TPSA) is 53.6 Å². The third-order valence-corrected chi connectivity index (χ3v) is 4.09. The molecule has 0 saturated carbocycles. The zero-order valence-electron chi connectivity index (χ0n) is 13.8. The molecule has 8 heteroatoms. The van der Waals surface area contributed by atoms with Gasteiger partial charge in [0, 0.05) is 37.6 Å². The van der Waals surface area contributed by atoms with Gasteiger partial charge in [0.1, 0.15) is 0 Å². The van der Waals surface area contributed by atoms with Crippen molar-refractivity contribution in [3.05, 3.63) is 34.9 Å². The standard InChI is InChI=1S/C16H24ClN3O2.2ClH/c1-18-7-6-16(21)19-12-15(20-8-10-22-11-9-20)13-2-4-14(17)5-3-13;;/h2-5,15,18H,6-12H2,1H3,(H,19,21);2*1H. The van der Waals surface area contributed by atoms with Crippen molar-refractivity contribution in [1.29, 1.82) is 0 Å². The van der Waals surface area contributed by atoms with Gasteiger partial charge in [-0.1, -0.05) is 23.7 Å². The molecule has 1 heterocycles. The lowest BCUT2D eigenvalue weighted by Gasteiger charge is -2.35. The fourth-order valence-electron chi connectivity index (χ4n) is 2.57. The molecule has 1 saturated heterocycles. The summed E-state index contributed by atoms with van der Waals surface area (Å²) in [6, 6.07) is 8.00. The minimum Gasteiger partial charge on any atom is -0.379 e. The highest BCUT2D eigenvalue weighted by atomic mass is 35.5. The number of morpholine rings is 1. The van der Waals surface area contributed by atoms with Crippen molar-refractivity contribution in [2.24, 2.45) is 0 Å². The van der Waals surface area contributed by atoms with Gasteiger partial charge in [0.05, 0.1) is 19.3 Å². The van der Waals surface area contributed by atoms with E-state index in [-0.39, 0.29) is 36.8 Å². The number of benzene rings is 1. The Morgan fingerprint density at radius 2 is 1.88 bits per heavy atom. The molecule has 138 valence electrons. The van der Waals surface area contributed by atoms with Crippen LogP contribution in [0, 0.1) is 0 Å². The first-order chi connectivity index (χ1) is 10.7. The number of carbonyl (C=O) groups excluding carboxylic acids is 1. The van der Waals surface area contributed by atoms with Gasteiger partial charge in [-0.05, 0) is 24.7 Å². The van der Waals surface area contributed by atoms with Crippen LogP contribution in [0.1, 0.15) is 18.0 Å². The van der Waals surface area contributed by atoms with Gasteiger partial charge in [-0.3, -0.25) is 9.69 Å². The number of hydrogen-bond donors (Lipinski definition) is 2. The highest BCUT2D eigenvalue weighted by Gasteiger charge is 2.23. The van der Waals surface area contributed by atoms with E-state index >= 15 is 0 Å². The van der Waals surface area contributed by atoms with Crippen LogP contribution in [-0.4, -0.2) is 57.2 Å². The van der Waals surface area contributed by atoms with E-state index in [1.165, 1.54) is 5.56 Å². The van der Waals surface area contributed by atoms with Gasteiger partial charge in [-0.15, -0.1) is 24.8 Å². The van der Waals surface area contributed by atoms with Crippen LogP contribution in [0.3, 0.4) is 0 Å². The van der Waals surface area contributed by atoms with Crippen molar-refractivity contribution in [3.8, 4) is 0 Å². The summed E-state index contributed by atoms with van der Waals surface area (Å²) in [6.07, 6.45) is 0.493. The van der Waals surface area contributed by atoms with Crippen LogP contribution in [0.15, 0.2) is 24.3 Å². The number of carbonyl (C=O) groups is 1. The first-order valence-corrected chi connectivity index (χ1v) is 8.07. The number of nitrogens with one attached hydrogen (secondary N) is 2. The lowest BCUT2D eigenvalue weighted by molar-refractivity contribution is -0.121. The van der Waals surface area contributed by atoms with E-state index in [2.05, 4.69) is 15.5 Å². The van der Waals surface area contributed by atoms with Crippen molar-refractivity contribution in [2.75, 3.05) is 46.4 Å². The molecule has 2 rings (SSSR count). The Labute approximate surface area is 161 Å². The maximum Gasteiger partial charge on any atom is 0.221 e. The van der Waals surface area contributed by atoms with E-state index in [0.717, 1.165) is 31.3 Å². The van der Waals surface area contributed by atoms with Crippen LogP contribution in [-0.2, 0) is 9.53 Å². The smallest absolute Gasteiger partial charge is 0.221 e. The average molecular weight is 399 g/mol. The van der Waals surface area contributed by atoms with Crippen molar-refractivity contribution in [3.63, 3.8) is 0 Å². The summed E-state index contributed by atoms with van der Waals surface area (Å²) in [5, 5.41) is 6.74. The summed E-state index contributed by atoms with van der Waals surface area (Å²) in [7, 11) is 1.84. The molecular weight excluding hydrogens is 373 g/mol. The molecule has 1 atom stereocenters. The van der Waals surface area contributed by atoms with E-state index in [0.29, 0.717) is 19.5 Å². The van der Waals surface area contributed by atoms with E-state index in [1.54, 1.807) is 0 Å². The predicted octanol–water partition coefficient (Wildman–Crippen LogP) is 2.28. The largest absolute Gasteiger partial charge is 0.379 e. The van der Waals surface area contributed by atoms with Gasteiger partial charge in [0.25, 0.3) is 0 Å². The second kappa shape index (κ2) is 12.8. The molecule has 0 radical (unpaired) electrons. The lowest BCUT2D eigenvalue weighted by Crippen LogP contribution is -2.44. The molecule has 2 N–H and O–H groups in total. The Bertz CT molecular complexity index is 468. The van der Waals surface area contributed by atoms with Crippen LogP contribution in [0.25, 0.3) is 0 Å². The number of amides is 1. The van der Waals surface area contributed by atoms with Crippen molar-refractivity contribution in [1.82, 2.24) is 15.5 Å². The fourth-order valence-corrected chi connectivity index (χ4v) is 2.70. The number of hydrogen-bond acceptors (Lipinski definition) is 4. The lowest BCUT2D eigenvalue weighted by atomic mass is 10.0. The molecule has 0 aliphatic carbocycles. The Morgan fingerprint density at radius 1 is 1.25 bits per heavy atom. The van der Waals surface area contributed by atoms with Crippen LogP contribution >= 0.6 is 36.4 Å². The summed E-state index contributed by atoms with van der Waals surface area (Å²) < 4.78 is 5.43. The molecule has 24 heavy (non-hydrogen) atoms. The molecular formula is C16H26Cl3N3O2. The Morgan fingerprint density at radius 3 is 2.46 bits per heavy atom. The molecule has 1 aliphatic rings. The monoisotopic (exact) mass is 397 g/mol. The molecule has 1 aromatic rings. The van der Waals surface area contributed by atoms with Crippen LogP contribution < -0.4 is 10.6 Å². The molecule has 5 nitrogen and oxygen atoms in total. The number of halogens is 3. The quantitative estimate of drug-likeness (QED) is 0.740. The molecule has 1 unspecified atom stereocenters. The summed E-state index contributed by atoms with van der Waals surface area (Å²) in [5.74, 6) is 0.0709. The number of ether oxygens (including phenoxy) is 1. The Hall–Kier alpha value is -0.560. The van der Waals surface area contributed by atoms with Gasteiger partial charge >= 0.3 is 0 Å². The molecule has 0 spiro atoms. The van der Waals surface area contributed by atoms with E-state index in [1.807, 2.05) is 31.3 Å².